The second-order valence-electron chi connectivity index (χ2n) is 4.84. The molecule has 0 bridgehead atoms. The Kier molecular flexibility index (Phi) is 6.58. The van der Waals surface area contributed by atoms with Crippen LogP contribution >= 0.6 is 0 Å². The average molecular weight is 250 g/mol. The molecule has 0 saturated carbocycles. The van der Waals surface area contributed by atoms with E-state index in [0.717, 1.165) is 23.5 Å². The molecule has 0 aliphatic carbocycles. The summed E-state index contributed by atoms with van der Waals surface area (Å²) in [6.07, 6.45) is 5.11. The van der Waals surface area contributed by atoms with Gasteiger partial charge in [0.2, 0.25) is 0 Å². The zero-order valence-electron chi connectivity index (χ0n) is 11.8. The number of nitrogen functional groups attached to an aromatic ring is 1. The molecule has 102 valence electrons. The highest BCUT2D eigenvalue weighted by molar-refractivity contribution is 5.51. The third kappa shape index (κ3) is 4.96. The number of hydrogen-bond acceptors (Lipinski definition) is 3. The molecule has 0 aliphatic rings. The molecular weight excluding hydrogens is 224 g/mol. The van der Waals surface area contributed by atoms with Crippen molar-refractivity contribution in [2.24, 2.45) is 0 Å². The van der Waals surface area contributed by atoms with E-state index in [1.807, 2.05) is 18.2 Å². The van der Waals surface area contributed by atoms with Gasteiger partial charge in [0.1, 0.15) is 5.75 Å². The van der Waals surface area contributed by atoms with Crippen molar-refractivity contribution in [3.63, 3.8) is 0 Å². The Morgan fingerprint density at radius 2 is 2.11 bits per heavy atom. The second-order valence-corrected chi connectivity index (χ2v) is 4.84. The van der Waals surface area contributed by atoms with Crippen molar-refractivity contribution in [1.29, 1.82) is 0 Å². The van der Waals surface area contributed by atoms with Crippen LogP contribution in [0.3, 0.4) is 0 Å². The van der Waals surface area contributed by atoms with Crippen LogP contribution in [0.25, 0.3) is 0 Å². The monoisotopic (exact) mass is 250 g/mol. The fourth-order valence-corrected chi connectivity index (χ4v) is 1.95. The van der Waals surface area contributed by atoms with Crippen LogP contribution in [0.1, 0.15) is 45.1 Å². The van der Waals surface area contributed by atoms with Gasteiger partial charge in [-0.1, -0.05) is 32.3 Å². The largest absolute Gasteiger partial charge is 0.497 e. The van der Waals surface area contributed by atoms with Gasteiger partial charge in [0.15, 0.2) is 0 Å². The summed E-state index contributed by atoms with van der Waals surface area (Å²) in [7, 11) is 1.66. The first-order valence-electron chi connectivity index (χ1n) is 6.83. The van der Waals surface area contributed by atoms with Crippen molar-refractivity contribution in [2.45, 2.75) is 52.1 Å². The van der Waals surface area contributed by atoms with Gasteiger partial charge in [-0.05, 0) is 25.0 Å². The fourth-order valence-electron chi connectivity index (χ4n) is 1.95. The summed E-state index contributed by atoms with van der Waals surface area (Å²) in [6.45, 7) is 5.29. The van der Waals surface area contributed by atoms with Crippen LogP contribution < -0.4 is 15.8 Å². The van der Waals surface area contributed by atoms with E-state index in [1.165, 1.54) is 25.7 Å². The van der Waals surface area contributed by atoms with E-state index < -0.39 is 0 Å². The Morgan fingerprint density at radius 3 is 2.72 bits per heavy atom. The lowest BCUT2D eigenvalue weighted by Gasteiger charge is -2.15. The van der Waals surface area contributed by atoms with Crippen molar-refractivity contribution in [1.82, 2.24) is 5.32 Å². The lowest BCUT2D eigenvalue weighted by atomic mass is 10.1. The van der Waals surface area contributed by atoms with Crippen LogP contribution in [-0.4, -0.2) is 13.2 Å². The van der Waals surface area contributed by atoms with Gasteiger partial charge in [-0.2, -0.15) is 0 Å². The topological polar surface area (TPSA) is 47.3 Å². The second kappa shape index (κ2) is 7.98. The van der Waals surface area contributed by atoms with E-state index >= 15 is 0 Å². The molecule has 0 amide bonds. The summed E-state index contributed by atoms with van der Waals surface area (Å²) in [5.41, 5.74) is 7.92. The third-order valence-electron chi connectivity index (χ3n) is 3.23. The summed E-state index contributed by atoms with van der Waals surface area (Å²) in [5, 5.41) is 3.52. The maximum absolute atomic E-state index is 5.98. The average Bonchev–Trinajstić information content (AvgIpc) is 2.37. The van der Waals surface area contributed by atoms with Gasteiger partial charge in [-0.25, -0.2) is 0 Å². The van der Waals surface area contributed by atoms with Crippen molar-refractivity contribution in [3.8, 4) is 5.75 Å². The Bertz CT molecular complexity index is 352. The van der Waals surface area contributed by atoms with E-state index in [9.17, 15) is 0 Å². The summed E-state index contributed by atoms with van der Waals surface area (Å²) in [5.74, 6) is 0.812. The first-order valence-corrected chi connectivity index (χ1v) is 6.83. The molecule has 0 aliphatic heterocycles. The van der Waals surface area contributed by atoms with Gasteiger partial charge in [0, 0.05) is 24.3 Å². The minimum Gasteiger partial charge on any atom is -0.497 e. The molecule has 3 N–H and O–H groups in total. The predicted molar refractivity (Wildman–Crippen MR) is 77.9 cm³/mol. The number of methoxy groups -OCH3 is 1. The van der Waals surface area contributed by atoms with Gasteiger partial charge in [-0.15, -0.1) is 0 Å². The van der Waals surface area contributed by atoms with Crippen LogP contribution in [0.15, 0.2) is 18.2 Å². The van der Waals surface area contributed by atoms with Crippen molar-refractivity contribution < 1.29 is 4.74 Å². The predicted octanol–water partition coefficient (Wildman–Crippen LogP) is 3.34. The maximum Gasteiger partial charge on any atom is 0.120 e. The van der Waals surface area contributed by atoms with Crippen molar-refractivity contribution in [3.05, 3.63) is 23.8 Å². The SMILES string of the molecule is CCCCCC(C)NCc1ccc(OC)cc1N. The van der Waals surface area contributed by atoms with E-state index in [2.05, 4.69) is 19.2 Å². The zero-order chi connectivity index (χ0) is 13.4. The molecule has 0 heterocycles. The van der Waals surface area contributed by atoms with Crippen molar-refractivity contribution >= 4 is 5.69 Å². The highest BCUT2D eigenvalue weighted by Gasteiger charge is 2.04. The summed E-state index contributed by atoms with van der Waals surface area (Å²) in [6, 6.07) is 6.39. The number of ether oxygens (including phenoxy) is 1. The van der Waals surface area contributed by atoms with Gasteiger partial charge < -0.3 is 15.8 Å². The molecule has 18 heavy (non-hydrogen) atoms. The van der Waals surface area contributed by atoms with Crippen LogP contribution in [0.4, 0.5) is 5.69 Å². The molecule has 0 spiro atoms. The number of anilines is 1. The molecular formula is C15H26N2O. The molecule has 1 aromatic rings. The standard InChI is InChI=1S/C15H26N2O/c1-4-5-6-7-12(2)17-11-13-8-9-14(18-3)10-15(13)16/h8-10,12,17H,4-7,11,16H2,1-3H3. The number of unbranched alkanes of at least 4 members (excludes halogenated alkanes) is 2. The quantitative estimate of drug-likeness (QED) is 0.549. The highest BCUT2D eigenvalue weighted by Crippen LogP contribution is 2.19. The van der Waals surface area contributed by atoms with E-state index in [0.29, 0.717) is 6.04 Å². The van der Waals surface area contributed by atoms with Crippen LogP contribution in [0.5, 0.6) is 5.75 Å². The molecule has 0 aromatic heterocycles. The lowest BCUT2D eigenvalue weighted by Crippen LogP contribution is -2.25. The van der Waals surface area contributed by atoms with Gasteiger partial charge >= 0.3 is 0 Å². The van der Waals surface area contributed by atoms with Crippen LogP contribution in [-0.2, 0) is 6.54 Å². The summed E-state index contributed by atoms with van der Waals surface area (Å²) >= 11 is 0. The molecule has 0 saturated heterocycles. The molecule has 1 aromatic carbocycles. The fraction of sp³-hybridized carbons (Fsp3) is 0.600. The molecule has 1 atom stereocenters. The van der Waals surface area contributed by atoms with E-state index in [-0.39, 0.29) is 0 Å². The summed E-state index contributed by atoms with van der Waals surface area (Å²) in [4.78, 5) is 0. The van der Waals surface area contributed by atoms with Gasteiger partial charge in [0.05, 0.1) is 7.11 Å². The van der Waals surface area contributed by atoms with Crippen LogP contribution in [0, 0.1) is 0 Å². The number of hydrogen-bond donors (Lipinski definition) is 2. The number of rotatable bonds is 8. The molecule has 1 rings (SSSR count). The molecule has 0 radical (unpaired) electrons. The molecule has 1 unspecified atom stereocenters. The Hall–Kier alpha value is -1.22. The highest BCUT2D eigenvalue weighted by atomic mass is 16.5. The van der Waals surface area contributed by atoms with Gasteiger partial charge in [0.25, 0.3) is 0 Å². The van der Waals surface area contributed by atoms with Crippen molar-refractivity contribution in [2.75, 3.05) is 12.8 Å². The Labute approximate surface area is 111 Å². The first kappa shape index (κ1) is 14.8. The Balaban J connectivity index is 2.38. The van der Waals surface area contributed by atoms with Gasteiger partial charge in [-0.3, -0.25) is 0 Å². The number of nitrogens with one attached hydrogen (secondary N) is 1. The third-order valence-corrected chi connectivity index (χ3v) is 3.23. The first-order chi connectivity index (χ1) is 8.67. The van der Waals surface area contributed by atoms with Crippen LogP contribution in [0.2, 0.25) is 0 Å². The van der Waals surface area contributed by atoms with E-state index in [4.69, 9.17) is 10.5 Å². The smallest absolute Gasteiger partial charge is 0.120 e. The molecule has 3 heteroatoms. The molecule has 0 fully saturated rings. The number of benzene rings is 1. The zero-order valence-corrected chi connectivity index (χ0v) is 11.8. The molecule has 3 nitrogen and oxygen atoms in total. The maximum atomic E-state index is 5.98. The minimum absolute atomic E-state index is 0.540. The normalized spacial score (nSPS) is 12.4. The summed E-state index contributed by atoms with van der Waals surface area (Å²) < 4.78 is 5.14. The lowest BCUT2D eigenvalue weighted by molar-refractivity contribution is 0.414. The Morgan fingerprint density at radius 1 is 1.33 bits per heavy atom. The number of nitrogens with two attached hydrogens (primary N) is 1. The van der Waals surface area contributed by atoms with E-state index in [1.54, 1.807) is 7.11 Å². The minimum atomic E-state index is 0.540.